The highest BCUT2D eigenvalue weighted by Gasteiger charge is 2.45. The number of furan rings is 1. The van der Waals surface area contributed by atoms with E-state index in [1.807, 2.05) is 19.9 Å². The van der Waals surface area contributed by atoms with Crippen LogP contribution in [0.15, 0.2) is 70.3 Å². The molecule has 0 saturated heterocycles. The van der Waals surface area contributed by atoms with E-state index in [0.717, 1.165) is 0 Å². The highest BCUT2D eigenvalue weighted by molar-refractivity contribution is 6.16. The molecule has 0 aliphatic carbocycles. The van der Waals surface area contributed by atoms with Crippen LogP contribution in [0.5, 0.6) is 0 Å². The van der Waals surface area contributed by atoms with Gasteiger partial charge in [-0.05, 0) is 38.5 Å². The second-order valence-corrected chi connectivity index (χ2v) is 7.94. The fraction of sp³-hybridized carbons (Fsp3) is 0.280. The molecule has 0 saturated carbocycles. The first-order valence-corrected chi connectivity index (χ1v) is 10.5. The first-order valence-electron chi connectivity index (χ1n) is 10.5. The molecule has 1 atom stereocenters. The van der Waals surface area contributed by atoms with Crippen molar-refractivity contribution in [3.63, 3.8) is 0 Å². The number of ketones is 1. The molecule has 0 radical (unpaired) electrons. The average Bonchev–Trinajstić information content (AvgIpc) is 3.31. The third-order valence-corrected chi connectivity index (χ3v) is 5.39. The number of Topliss-reactive ketones (excluding diaryl/α,β-unsaturated/α-hetero) is 1. The number of carbonyl (C=O) groups excluding carboxylic acids is 2. The Balaban J connectivity index is 1.72. The molecular formula is C25H24FNO5. The number of amides is 1. The van der Waals surface area contributed by atoms with Crippen molar-refractivity contribution in [2.45, 2.75) is 32.4 Å². The minimum atomic E-state index is -1.07. The number of aliphatic hydroxyl groups excluding tert-OH is 1. The second-order valence-electron chi connectivity index (χ2n) is 7.94. The Labute approximate surface area is 184 Å². The SMILES string of the molecule is CC(C)OCCCN1C(=O)C(O)=C(C(=O)c2cc3ccccc3o2)C1c1ccccc1F. The van der Waals surface area contributed by atoms with E-state index in [-0.39, 0.29) is 29.5 Å². The summed E-state index contributed by atoms with van der Waals surface area (Å²) in [6.07, 6.45) is 0.497. The van der Waals surface area contributed by atoms with Crippen LogP contribution in [0.25, 0.3) is 11.0 Å². The molecule has 1 aromatic heterocycles. The lowest BCUT2D eigenvalue weighted by atomic mass is 9.94. The van der Waals surface area contributed by atoms with Gasteiger partial charge in [0.05, 0.1) is 17.7 Å². The number of hydrogen-bond donors (Lipinski definition) is 1. The number of rotatable bonds is 8. The predicted molar refractivity (Wildman–Crippen MR) is 117 cm³/mol. The molecule has 1 unspecified atom stereocenters. The lowest BCUT2D eigenvalue weighted by Crippen LogP contribution is -2.33. The van der Waals surface area contributed by atoms with E-state index in [1.54, 1.807) is 30.3 Å². The van der Waals surface area contributed by atoms with Crippen LogP contribution in [0.1, 0.15) is 42.4 Å². The third kappa shape index (κ3) is 4.03. The number of benzene rings is 2. The van der Waals surface area contributed by atoms with Crippen molar-refractivity contribution in [1.82, 2.24) is 4.90 Å². The monoisotopic (exact) mass is 437 g/mol. The van der Waals surface area contributed by atoms with Crippen molar-refractivity contribution >= 4 is 22.7 Å². The summed E-state index contributed by atoms with van der Waals surface area (Å²) >= 11 is 0. The summed E-state index contributed by atoms with van der Waals surface area (Å²) in [4.78, 5) is 27.6. The van der Waals surface area contributed by atoms with Crippen molar-refractivity contribution in [3.8, 4) is 0 Å². The van der Waals surface area contributed by atoms with Gasteiger partial charge in [-0.15, -0.1) is 0 Å². The van der Waals surface area contributed by atoms with Crippen molar-refractivity contribution in [2.24, 2.45) is 0 Å². The average molecular weight is 437 g/mol. The van der Waals surface area contributed by atoms with Crippen LogP contribution < -0.4 is 0 Å². The Bertz CT molecular complexity index is 1160. The first-order chi connectivity index (χ1) is 15.4. The summed E-state index contributed by atoms with van der Waals surface area (Å²) in [6.45, 7) is 4.38. The molecule has 1 N–H and O–H groups in total. The number of halogens is 1. The maximum absolute atomic E-state index is 14.8. The fourth-order valence-electron chi connectivity index (χ4n) is 3.92. The molecule has 2 heterocycles. The quantitative estimate of drug-likeness (QED) is 0.398. The topological polar surface area (TPSA) is 80.0 Å². The summed E-state index contributed by atoms with van der Waals surface area (Å²) in [6, 6.07) is 13.5. The lowest BCUT2D eigenvalue weighted by molar-refractivity contribution is -0.129. The maximum Gasteiger partial charge on any atom is 0.290 e. The van der Waals surface area contributed by atoms with Gasteiger partial charge >= 0.3 is 0 Å². The summed E-state index contributed by atoms with van der Waals surface area (Å²) in [5.74, 6) is -2.65. The highest BCUT2D eigenvalue weighted by atomic mass is 19.1. The molecule has 0 bridgehead atoms. The number of fused-ring (bicyclic) bond motifs is 1. The van der Waals surface area contributed by atoms with Crippen LogP contribution in [0, 0.1) is 5.82 Å². The first kappa shape index (κ1) is 21.8. The van der Waals surface area contributed by atoms with Gasteiger partial charge in [-0.1, -0.05) is 36.4 Å². The van der Waals surface area contributed by atoms with Crippen molar-refractivity contribution in [2.75, 3.05) is 13.2 Å². The molecule has 7 heteroatoms. The van der Waals surface area contributed by atoms with E-state index in [9.17, 15) is 19.1 Å². The molecule has 4 rings (SSSR count). The van der Waals surface area contributed by atoms with E-state index >= 15 is 0 Å². The summed E-state index contributed by atoms with van der Waals surface area (Å²) in [5, 5.41) is 11.4. The number of aliphatic hydroxyl groups is 1. The molecule has 0 spiro atoms. The molecule has 1 amide bonds. The Morgan fingerprint density at radius 2 is 1.91 bits per heavy atom. The molecule has 6 nitrogen and oxygen atoms in total. The molecule has 2 aromatic carbocycles. The zero-order valence-electron chi connectivity index (χ0n) is 17.9. The van der Waals surface area contributed by atoms with Gasteiger partial charge in [0.25, 0.3) is 5.91 Å². The Morgan fingerprint density at radius 3 is 2.62 bits per heavy atom. The Kier molecular flexibility index (Phi) is 6.10. The fourth-order valence-corrected chi connectivity index (χ4v) is 3.92. The zero-order chi connectivity index (χ0) is 22.8. The lowest BCUT2D eigenvalue weighted by Gasteiger charge is -2.27. The third-order valence-electron chi connectivity index (χ3n) is 5.39. The van der Waals surface area contributed by atoms with Crippen LogP contribution >= 0.6 is 0 Å². The number of para-hydroxylation sites is 1. The number of carbonyl (C=O) groups is 2. The van der Waals surface area contributed by atoms with Gasteiger partial charge < -0.3 is 19.2 Å². The number of nitrogens with zero attached hydrogens (tertiary/aromatic N) is 1. The van der Waals surface area contributed by atoms with Gasteiger partial charge in [0.1, 0.15) is 11.4 Å². The van der Waals surface area contributed by atoms with E-state index in [4.69, 9.17) is 9.15 Å². The molecular weight excluding hydrogens is 413 g/mol. The predicted octanol–water partition coefficient (Wildman–Crippen LogP) is 4.97. The van der Waals surface area contributed by atoms with Gasteiger partial charge in [0.2, 0.25) is 5.78 Å². The molecule has 32 heavy (non-hydrogen) atoms. The van der Waals surface area contributed by atoms with Crippen molar-refractivity contribution in [1.29, 1.82) is 0 Å². The van der Waals surface area contributed by atoms with Gasteiger partial charge in [-0.25, -0.2) is 4.39 Å². The molecule has 1 aliphatic rings. The molecule has 166 valence electrons. The molecule has 3 aromatic rings. The van der Waals surface area contributed by atoms with Gasteiger partial charge in [0, 0.05) is 24.1 Å². The maximum atomic E-state index is 14.8. The van der Waals surface area contributed by atoms with Crippen LogP contribution in [-0.4, -0.2) is 41.0 Å². The number of ether oxygens (including phenoxy) is 1. The molecule has 1 aliphatic heterocycles. The smallest absolute Gasteiger partial charge is 0.290 e. The number of hydrogen-bond acceptors (Lipinski definition) is 5. The zero-order valence-corrected chi connectivity index (χ0v) is 17.9. The van der Waals surface area contributed by atoms with Crippen LogP contribution in [0.2, 0.25) is 0 Å². The second kappa shape index (κ2) is 8.96. The minimum absolute atomic E-state index is 0.0214. The van der Waals surface area contributed by atoms with Crippen LogP contribution in [0.4, 0.5) is 4.39 Å². The Morgan fingerprint density at radius 1 is 1.19 bits per heavy atom. The minimum Gasteiger partial charge on any atom is -0.503 e. The highest BCUT2D eigenvalue weighted by Crippen LogP contribution is 2.40. The largest absolute Gasteiger partial charge is 0.503 e. The standard InChI is InChI=1S/C25H24FNO5/c1-15(2)31-13-7-12-27-22(17-9-4-5-10-18(17)26)21(24(29)25(27)30)23(28)20-14-16-8-3-6-11-19(16)32-20/h3-6,8-11,14-15,22,29H,7,12-13H2,1-2H3. The van der Waals surface area contributed by atoms with Gasteiger partial charge in [-0.3, -0.25) is 9.59 Å². The Hall–Kier alpha value is -3.45. The van der Waals surface area contributed by atoms with Crippen LogP contribution in [-0.2, 0) is 9.53 Å². The molecule has 0 fully saturated rings. The van der Waals surface area contributed by atoms with Crippen molar-refractivity contribution in [3.05, 3.63) is 83.1 Å². The van der Waals surface area contributed by atoms with E-state index in [2.05, 4.69) is 0 Å². The van der Waals surface area contributed by atoms with Gasteiger partial charge in [-0.2, -0.15) is 0 Å². The van der Waals surface area contributed by atoms with Crippen LogP contribution in [0.3, 0.4) is 0 Å². The summed E-state index contributed by atoms with van der Waals surface area (Å²) < 4.78 is 26.0. The van der Waals surface area contributed by atoms with E-state index in [0.29, 0.717) is 24.0 Å². The van der Waals surface area contributed by atoms with Crippen molar-refractivity contribution < 1.29 is 28.2 Å². The normalized spacial score (nSPS) is 16.6. The summed E-state index contributed by atoms with van der Waals surface area (Å²) in [5.41, 5.74) is 0.448. The van der Waals surface area contributed by atoms with E-state index < -0.39 is 29.3 Å². The summed E-state index contributed by atoms with van der Waals surface area (Å²) in [7, 11) is 0. The van der Waals surface area contributed by atoms with Gasteiger partial charge in [0.15, 0.2) is 11.5 Å². The van der Waals surface area contributed by atoms with E-state index in [1.165, 1.54) is 23.1 Å².